The Bertz CT molecular complexity index is 738. The monoisotopic (exact) mass is 407 g/mol. The Morgan fingerprint density at radius 1 is 1.00 bits per heavy atom. The molecule has 0 bridgehead atoms. The summed E-state index contributed by atoms with van der Waals surface area (Å²) in [6, 6.07) is 15.0. The van der Waals surface area contributed by atoms with Crippen molar-refractivity contribution >= 4 is 41.7 Å². The lowest BCUT2D eigenvalue weighted by molar-refractivity contribution is -0.113. The highest BCUT2D eigenvalue weighted by molar-refractivity contribution is 8.00. The van der Waals surface area contributed by atoms with Crippen molar-refractivity contribution in [3.63, 3.8) is 0 Å². The number of anilines is 1. The number of halogens is 1. The van der Waals surface area contributed by atoms with Gasteiger partial charge in [-0.3, -0.25) is 9.59 Å². The van der Waals surface area contributed by atoms with Gasteiger partial charge in [-0.05, 0) is 51.2 Å². The van der Waals surface area contributed by atoms with Gasteiger partial charge in [0.25, 0.3) is 5.91 Å². The molecule has 2 rings (SSSR count). The summed E-state index contributed by atoms with van der Waals surface area (Å²) in [5.74, 6) is 0.0454. The fourth-order valence-corrected chi connectivity index (χ4v) is 3.17. The molecule has 0 aliphatic carbocycles. The van der Waals surface area contributed by atoms with Crippen molar-refractivity contribution in [2.24, 2.45) is 0 Å². The van der Waals surface area contributed by atoms with Crippen molar-refractivity contribution in [2.45, 2.75) is 18.2 Å². The number of benzene rings is 2. The number of aryl methyl sites for hydroxylation is 1. The summed E-state index contributed by atoms with van der Waals surface area (Å²) >= 11 is 1.36. The first-order valence-corrected chi connectivity index (χ1v) is 9.60. The minimum atomic E-state index is -0.108. The minimum Gasteiger partial charge on any atom is -0.352 e. The number of thioether (sulfide) groups is 1. The second-order valence-corrected chi connectivity index (χ2v) is 6.93. The molecule has 0 unspecified atom stereocenters. The first-order valence-electron chi connectivity index (χ1n) is 8.61. The van der Waals surface area contributed by atoms with E-state index in [0.717, 1.165) is 29.1 Å². The van der Waals surface area contributed by atoms with Crippen LogP contribution in [-0.4, -0.2) is 37.7 Å². The van der Waals surface area contributed by atoms with Crippen molar-refractivity contribution in [1.82, 2.24) is 10.6 Å². The molecule has 27 heavy (non-hydrogen) atoms. The van der Waals surface area contributed by atoms with Crippen LogP contribution in [0.15, 0.2) is 53.4 Å². The van der Waals surface area contributed by atoms with Gasteiger partial charge in [-0.2, -0.15) is 0 Å². The molecule has 0 heterocycles. The van der Waals surface area contributed by atoms with Crippen molar-refractivity contribution in [2.75, 3.05) is 31.2 Å². The Labute approximate surface area is 171 Å². The molecule has 0 aliphatic heterocycles. The van der Waals surface area contributed by atoms with Gasteiger partial charge >= 0.3 is 0 Å². The summed E-state index contributed by atoms with van der Waals surface area (Å²) in [5, 5.41) is 8.83. The molecule has 0 aromatic heterocycles. The third-order valence-electron chi connectivity index (χ3n) is 3.71. The van der Waals surface area contributed by atoms with Gasteiger partial charge in [-0.25, -0.2) is 0 Å². The van der Waals surface area contributed by atoms with Crippen molar-refractivity contribution in [3.8, 4) is 0 Å². The quantitative estimate of drug-likeness (QED) is 0.439. The first kappa shape index (κ1) is 23.0. The van der Waals surface area contributed by atoms with E-state index in [2.05, 4.69) is 16.0 Å². The highest BCUT2D eigenvalue weighted by Crippen LogP contribution is 2.23. The molecule has 0 fully saturated rings. The summed E-state index contributed by atoms with van der Waals surface area (Å²) in [4.78, 5) is 25.3. The number of carbonyl (C=O) groups excluding carboxylic acids is 2. The smallest absolute Gasteiger partial charge is 0.252 e. The van der Waals surface area contributed by atoms with E-state index >= 15 is 0 Å². The van der Waals surface area contributed by atoms with Gasteiger partial charge in [0.05, 0.1) is 11.3 Å². The summed E-state index contributed by atoms with van der Waals surface area (Å²) in [6.07, 6.45) is 0.872. The molecule has 2 aromatic carbocycles. The molecule has 0 atom stereocenters. The third kappa shape index (κ3) is 8.03. The second-order valence-electron chi connectivity index (χ2n) is 5.91. The number of hydrogen-bond acceptors (Lipinski definition) is 4. The number of nitrogens with one attached hydrogen (secondary N) is 3. The predicted molar refractivity (Wildman–Crippen MR) is 115 cm³/mol. The van der Waals surface area contributed by atoms with Crippen LogP contribution >= 0.6 is 24.2 Å². The Morgan fingerprint density at radius 3 is 2.41 bits per heavy atom. The Balaban J connectivity index is 0.00000364. The molecule has 3 N–H and O–H groups in total. The normalized spacial score (nSPS) is 10.0. The fourth-order valence-electron chi connectivity index (χ4n) is 2.32. The maximum absolute atomic E-state index is 12.4. The molecular weight excluding hydrogens is 382 g/mol. The molecule has 5 nitrogen and oxygen atoms in total. The Kier molecular flexibility index (Phi) is 10.6. The highest BCUT2D eigenvalue weighted by Gasteiger charge is 2.12. The van der Waals surface area contributed by atoms with Crippen LogP contribution in [0.5, 0.6) is 0 Å². The number of carbonyl (C=O) groups is 2. The van der Waals surface area contributed by atoms with Crippen LogP contribution in [0.1, 0.15) is 22.3 Å². The lowest BCUT2D eigenvalue weighted by Crippen LogP contribution is -2.27. The topological polar surface area (TPSA) is 70.2 Å². The molecular formula is C20H26ClN3O2S. The fraction of sp³-hybridized carbons (Fsp3) is 0.300. The van der Waals surface area contributed by atoms with E-state index in [-0.39, 0.29) is 30.0 Å². The Hall–Kier alpha value is -2.02. The zero-order valence-electron chi connectivity index (χ0n) is 15.6. The molecule has 7 heteroatoms. The average Bonchev–Trinajstić information content (AvgIpc) is 2.65. The molecule has 146 valence electrons. The van der Waals surface area contributed by atoms with Crippen LogP contribution in [0.3, 0.4) is 0 Å². The van der Waals surface area contributed by atoms with Gasteiger partial charge in [0.1, 0.15) is 0 Å². The SMILES string of the molecule is CNCCCNC(=O)c1ccccc1SCC(=O)Nc1ccc(C)cc1.Cl. The highest BCUT2D eigenvalue weighted by atomic mass is 35.5. The molecule has 2 amide bonds. The zero-order valence-corrected chi connectivity index (χ0v) is 17.2. The summed E-state index contributed by atoms with van der Waals surface area (Å²) < 4.78 is 0. The second kappa shape index (κ2) is 12.4. The minimum absolute atomic E-state index is 0. The van der Waals surface area contributed by atoms with Crippen LogP contribution in [-0.2, 0) is 4.79 Å². The zero-order chi connectivity index (χ0) is 18.8. The lowest BCUT2D eigenvalue weighted by Gasteiger charge is -2.10. The van der Waals surface area contributed by atoms with Crippen LogP contribution in [0.2, 0.25) is 0 Å². The van der Waals surface area contributed by atoms with Crippen molar-refractivity contribution in [3.05, 3.63) is 59.7 Å². The van der Waals surface area contributed by atoms with E-state index in [1.807, 2.05) is 56.4 Å². The van der Waals surface area contributed by atoms with Crippen LogP contribution in [0.4, 0.5) is 5.69 Å². The van der Waals surface area contributed by atoms with Crippen LogP contribution in [0, 0.1) is 6.92 Å². The van der Waals surface area contributed by atoms with Gasteiger partial charge in [-0.1, -0.05) is 29.8 Å². The van der Waals surface area contributed by atoms with E-state index in [1.165, 1.54) is 11.8 Å². The summed E-state index contributed by atoms with van der Waals surface area (Å²) in [7, 11) is 1.88. The molecule has 0 saturated heterocycles. The van der Waals surface area contributed by atoms with E-state index in [9.17, 15) is 9.59 Å². The first-order chi connectivity index (χ1) is 12.6. The van der Waals surface area contributed by atoms with Crippen molar-refractivity contribution in [1.29, 1.82) is 0 Å². The third-order valence-corrected chi connectivity index (χ3v) is 4.79. The standard InChI is InChI=1S/C20H25N3O2S.ClH/c1-15-8-10-16(11-9-15)23-19(24)14-26-18-7-4-3-6-17(18)20(25)22-13-5-12-21-2;/h3-4,6-11,21H,5,12-14H2,1-2H3,(H,22,25)(H,23,24);1H. The van der Waals surface area contributed by atoms with Gasteiger partial charge in [0.15, 0.2) is 0 Å². The number of hydrogen-bond donors (Lipinski definition) is 3. The molecule has 0 radical (unpaired) electrons. The number of rotatable bonds is 9. The van der Waals surface area contributed by atoms with Crippen LogP contribution in [0.25, 0.3) is 0 Å². The molecule has 0 aliphatic rings. The van der Waals surface area contributed by atoms with Crippen molar-refractivity contribution < 1.29 is 9.59 Å². The molecule has 0 spiro atoms. The molecule has 2 aromatic rings. The maximum Gasteiger partial charge on any atom is 0.252 e. The Morgan fingerprint density at radius 2 is 1.70 bits per heavy atom. The molecule has 0 saturated carbocycles. The predicted octanol–water partition coefficient (Wildman–Crippen LogP) is 3.49. The van der Waals surface area contributed by atoms with E-state index in [1.54, 1.807) is 6.07 Å². The summed E-state index contributed by atoms with van der Waals surface area (Å²) in [5.41, 5.74) is 2.52. The van der Waals surface area contributed by atoms with Gasteiger partial charge < -0.3 is 16.0 Å². The number of amides is 2. The van der Waals surface area contributed by atoms with Gasteiger partial charge in [0.2, 0.25) is 5.91 Å². The van der Waals surface area contributed by atoms with Gasteiger partial charge in [-0.15, -0.1) is 24.2 Å². The largest absolute Gasteiger partial charge is 0.352 e. The summed E-state index contributed by atoms with van der Waals surface area (Å²) in [6.45, 7) is 3.48. The van der Waals surface area contributed by atoms with E-state index in [4.69, 9.17) is 0 Å². The van der Waals surface area contributed by atoms with E-state index < -0.39 is 0 Å². The van der Waals surface area contributed by atoms with E-state index in [0.29, 0.717) is 12.1 Å². The lowest BCUT2D eigenvalue weighted by atomic mass is 10.2. The van der Waals surface area contributed by atoms with Gasteiger partial charge in [0, 0.05) is 17.1 Å². The van der Waals surface area contributed by atoms with Crippen LogP contribution < -0.4 is 16.0 Å². The average molecular weight is 408 g/mol. The maximum atomic E-state index is 12.4.